The fourth-order valence-electron chi connectivity index (χ4n) is 5.05. The lowest BCUT2D eigenvalue weighted by Gasteiger charge is -2.27. The third-order valence-corrected chi connectivity index (χ3v) is 6.60. The number of aliphatic hydroxyl groups excluding tert-OH is 1. The van der Waals surface area contributed by atoms with Crippen molar-refractivity contribution < 1.29 is 15.3 Å². The lowest BCUT2D eigenvalue weighted by molar-refractivity contribution is 0.0288. The maximum atomic E-state index is 11.1. The molecular formula is C24H31NO3. The average molecular weight is 382 g/mol. The molecule has 2 aliphatic rings. The van der Waals surface area contributed by atoms with Gasteiger partial charge in [0.25, 0.3) is 0 Å². The number of aliphatic hydroxyl groups is 3. The van der Waals surface area contributed by atoms with Gasteiger partial charge >= 0.3 is 0 Å². The third kappa shape index (κ3) is 3.87. The van der Waals surface area contributed by atoms with Crippen LogP contribution in [-0.4, -0.2) is 39.9 Å². The summed E-state index contributed by atoms with van der Waals surface area (Å²) in [4.78, 5) is 2.33. The van der Waals surface area contributed by atoms with Gasteiger partial charge in [0.1, 0.15) is 0 Å². The zero-order chi connectivity index (χ0) is 19.9. The molecule has 0 spiro atoms. The van der Waals surface area contributed by atoms with E-state index in [1.54, 1.807) is 13.8 Å². The van der Waals surface area contributed by atoms with E-state index in [2.05, 4.69) is 4.90 Å². The van der Waals surface area contributed by atoms with Crippen LogP contribution < -0.4 is 0 Å². The van der Waals surface area contributed by atoms with Crippen molar-refractivity contribution in [2.24, 2.45) is 11.8 Å². The Morgan fingerprint density at radius 2 is 1.57 bits per heavy atom. The molecule has 150 valence electrons. The highest BCUT2D eigenvalue weighted by atomic mass is 16.3. The fourth-order valence-corrected chi connectivity index (χ4v) is 5.05. The van der Waals surface area contributed by atoms with Crippen LogP contribution in [0.5, 0.6) is 0 Å². The summed E-state index contributed by atoms with van der Waals surface area (Å²) >= 11 is 0. The Kier molecular flexibility index (Phi) is 5.09. The summed E-state index contributed by atoms with van der Waals surface area (Å²) in [5, 5.41) is 31.9. The van der Waals surface area contributed by atoms with Crippen LogP contribution in [-0.2, 0) is 11.2 Å². The Bertz CT molecular complexity index is 783. The Morgan fingerprint density at radius 3 is 2.11 bits per heavy atom. The lowest BCUT2D eigenvalue weighted by Crippen LogP contribution is -2.31. The average Bonchev–Trinajstić information content (AvgIpc) is 3.16. The van der Waals surface area contributed by atoms with Crippen molar-refractivity contribution in [2.45, 2.75) is 44.0 Å². The zero-order valence-electron chi connectivity index (χ0n) is 16.8. The molecule has 2 aromatic rings. The van der Waals surface area contributed by atoms with Gasteiger partial charge in [-0.3, -0.25) is 4.90 Å². The molecule has 0 bridgehead atoms. The molecule has 2 unspecified atom stereocenters. The maximum Gasteiger partial charge on any atom is 0.0916 e. The van der Waals surface area contributed by atoms with E-state index < -0.39 is 17.3 Å². The molecule has 1 heterocycles. The van der Waals surface area contributed by atoms with Crippen molar-refractivity contribution in [2.75, 3.05) is 19.6 Å². The fraction of sp³-hybridized carbons (Fsp3) is 0.500. The van der Waals surface area contributed by atoms with Gasteiger partial charge in [-0.1, -0.05) is 54.6 Å². The summed E-state index contributed by atoms with van der Waals surface area (Å²) in [6, 6.07) is 17.6. The normalized spacial score (nSPS) is 29.0. The van der Waals surface area contributed by atoms with Gasteiger partial charge in [-0.25, -0.2) is 0 Å². The minimum Gasteiger partial charge on any atom is -0.387 e. The molecule has 1 saturated heterocycles. The first-order valence-electron chi connectivity index (χ1n) is 10.3. The summed E-state index contributed by atoms with van der Waals surface area (Å²) in [7, 11) is 0. The first kappa shape index (κ1) is 19.6. The molecule has 1 saturated carbocycles. The summed E-state index contributed by atoms with van der Waals surface area (Å²) in [6.07, 6.45) is 1.06. The summed E-state index contributed by atoms with van der Waals surface area (Å²) in [5.41, 5.74) is 1.19. The molecule has 0 aromatic heterocycles. The quantitative estimate of drug-likeness (QED) is 0.744. The molecular weight excluding hydrogens is 350 g/mol. The van der Waals surface area contributed by atoms with E-state index in [-0.39, 0.29) is 0 Å². The second-order valence-electron chi connectivity index (χ2n) is 9.24. The highest BCUT2D eigenvalue weighted by Crippen LogP contribution is 2.49. The molecule has 28 heavy (non-hydrogen) atoms. The van der Waals surface area contributed by atoms with Gasteiger partial charge in [-0.2, -0.15) is 0 Å². The molecule has 0 radical (unpaired) electrons. The van der Waals surface area contributed by atoms with Crippen LogP contribution >= 0.6 is 0 Å². The van der Waals surface area contributed by atoms with Crippen LogP contribution in [0.4, 0.5) is 0 Å². The smallest absolute Gasteiger partial charge is 0.0916 e. The van der Waals surface area contributed by atoms with E-state index in [9.17, 15) is 15.3 Å². The van der Waals surface area contributed by atoms with Crippen molar-refractivity contribution in [1.82, 2.24) is 4.90 Å². The number of benzene rings is 2. The summed E-state index contributed by atoms with van der Waals surface area (Å²) < 4.78 is 0. The van der Waals surface area contributed by atoms with Crippen LogP contribution in [0.2, 0.25) is 0 Å². The van der Waals surface area contributed by atoms with Gasteiger partial charge in [0, 0.05) is 19.6 Å². The largest absolute Gasteiger partial charge is 0.387 e. The SMILES string of the molecule is CC(C)(O)c1ccc(C(O)CN2C[C@@H]3CC(O)(c4ccccc4)C[C@@H]3C2)cc1. The highest BCUT2D eigenvalue weighted by molar-refractivity contribution is 5.28. The predicted octanol–water partition coefficient (Wildman–Crippen LogP) is 3.18. The Hall–Kier alpha value is -1.72. The van der Waals surface area contributed by atoms with E-state index in [0.717, 1.165) is 42.6 Å². The number of hydrogen-bond acceptors (Lipinski definition) is 4. The van der Waals surface area contributed by atoms with E-state index in [1.165, 1.54) is 0 Å². The Balaban J connectivity index is 1.35. The van der Waals surface area contributed by atoms with Crippen molar-refractivity contribution in [3.8, 4) is 0 Å². The molecule has 1 aliphatic carbocycles. The van der Waals surface area contributed by atoms with E-state index in [1.807, 2.05) is 54.6 Å². The van der Waals surface area contributed by atoms with Crippen molar-refractivity contribution >= 4 is 0 Å². The molecule has 1 aliphatic heterocycles. The monoisotopic (exact) mass is 381 g/mol. The first-order chi connectivity index (χ1) is 13.2. The standard InChI is InChI=1S/C24H31NO3/c1-23(2,27)20-10-8-17(9-11-20)22(26)16-25-14-18-12-24(28,13-19(18)15-25)21-6-4-3-5-7-21/h3-11,18-19,22,26-28H,12-16H2,1-2H3/t18-,19+,22?,24?. The molecule has 2 aromatic carbocycles. The topological polar surface area (TPSA) is 63.9 Å². The third-order valence-electron chi connectivity index (χ3n) is 6.60. The van der Waals surface area contributed by atoms with Crippen LogP contribution in [0, 0.1) is 11.8 Å². The van der Waals surface area contributed by atoms with Crippen molar-refractivity contribution in [1.29, 1.82) is 0 Å². The van der Waals surface area contributed by atoms with Crippen molar-refractivity contribution in [3.05, 3.63) is 71.3 Å². The Morgan fingerprint density at radius 1 is 1.00 bits per heavy atom. The van der Waals surface area contributed by atoms with E-state index in [0.29, 0.717) is 18.4 Å². The van der Waals surface area contributed by atoms with Gasteiger partial charge in [0.15, 0.2) is 0 Å². The first-order valence-corrected chi connectivity index (χ1v) is 10.3. The molecule has 4 atom stereocenters. The van der Waals surface area contributed by atoms with Crippen LogP contribution in [0.15, 0.2) is 54.6 Å². The second kappa shape index (κ2) is 7.27. The van der Waals surface area contributed by atoms with Gasteiger partial charge in [-0.05, 0) is 55.2 Å². The number of fused-ring (bicyclic) bond motifs is 1. The van der Waals surface area contributed by atoms with E-state index >= 15 is 0 Å². The minimum absolute atomic E-state index is 0.481. The molecule has 4 rings (SSSR count). The lowest BCUT2D eigenvalue weighted by atomic mass is 9.90. The Labute approximate surface area is 167 Å². The van der Waals surface area contributed by atoms with Gasteiger partial charge < -0.3 is 15.3 Å². The molecule has 0 amide bonds. The summed E-state index contributed by atoms with van der Waals surface area (Å²) in [5.74, 6) is 0.963. The minimum atomic E-state index is -0.870. The van der Waals surface area contributed by atoms with Crippen LogP contribution in [0.1, 0.15) is 49.5 Å². The number of hydrogen-bond donors (Lipinski definition) is 3. The molecule has 4 heteroatoms. The highest BCUT2D eigenvalue weighted by Gasteiger charge is 2.49. The predicted molar refractivity (Wildman–Crippen MR) is 110 cm³/mol. The number of β-amino-alcohol motifs (C(OH)–C–C–N with tert-alkyl or cyclic N) is 1. The molecule has 2 fully saturated rings. The maximum absolute atomic E-state index is 11.1. The van der Waals surface area contributed by atoms with Crippen molar-refractivity contribution in [3.63, 3.8) is 0 Å². The number of nitrogens with zero attached hydrogens (tertiary/aromatic N) is 1. The van der Waals surface area contributed by atoms with E-state index in [4.69, 9.17) is 0 Å². The number of rotatable bonds is 5. The van der Waals surface area contributed by atoms with Crippen LogP contribution in [0.3, 0.4) is 0 Å². The van der Waals surface area contributed by atoms with Gasteiger partial charge in [0.05, 0.1) is 17.3 Å². The molecule has 3 N–H and O–H groups in total. The second-order valence-corrected chi connectivity index (χ2v) is 9.24. The van der Waals surface area contributed by atoms with Crippen LogP contribution in [0.25, 0.3) is 0 Å². The van der Waals surface area contributed by atoms with Gasteiger partial charge in [0.2, 0.25) is 0 Å². The zero-order valence-corrected chi connectivity index (χ0v) is 16.8. The number of likely N-dealkylation sites (tertiary alicyclic amines) is 1. The van der Waals surface area contributed by atoms with Gasteiger partial charge in [-0.15, -0.1) is 0 Å². The molecule has 4 nitrogen and oxygen atoms in total. The summed E-state index contributed by atoms with van der Waals surface area (Å²) in [6.45, 7) is 5.99.